The van der Waals surface area contributed by atoms with Crippen LogP contribution in [0.1, 0.15) is 12.5 Å². The average molecular weight is 335 g/mol. The molecule has 7 heteroatoms. The monoisotopic (exact) mass is 334 g/mol. The third kappa shape index (κ3) is 3.83. The summed E-state index contributed by atoms with van der Waals surface area (Å²) in [5, 5.41) is 3.40. The molecule has 1 aliphatic rings. The van der Waals surface area contributed by atoms with Crippen molar-refractivity contribution in [2.45, 2.75) is 12.5 Å². The van der Waals surface area contributed by atoms with E-state index >= 15 is 0 Å². The Kier molecular flexibility index (Phi) is 4.83. The molecule has 1 atom stereocenters. The molecule has 2 aromatic rings. The van der Waals surface area contributed by atoms with E-state index in [9.17, 15) is 4.79 Å². The Hall–Kier alpha value is -2.05. The Labute approximate surface area is 140 Å². The summed E-state index contributed by atoms with van der Waals surface area (Å²) in [6, 6.07) is 5.58. The first kappa shape index (κ1) is 15.8. The summed E-state index contributed by atoms with van der Waals surface area (Å²) < 4.78 is 7.25. The molecule has 0 aliphatic carbocycles. The number of ether oxygens (including phenoxy) is 1. The van der Waals surface area contributed by atoms with Gasteiger partial charge in [0.25, 0.3) is 0 Å². The molecule has 0 unspecified atom stereocenters. The van der Waals surface area contributed by atoms with E-state index in [4.69, 9.17) is 16.3 Å². The van der Waals surface area contributed by atoms with Gasteiger partial charge in [0, 0.05) is 43.3 Å². The van der Waals surface area contributed by atoms with Crippen molar-refractivity contribution >= 4 is 23.2 Å². The molecule has 1 amide bonds. The third-order valence-corrected chi connectivity index (χ3v) is 4.31. The predicted molar refractivity (Wildman–Crippen MR) is 89.0 cm³/mol. The van der Waals surface area contributed by atoms with Gasteiger partial charge in [0.05, 0.1) is 25.0 Å². The van der Waals surface area contributed by atoms with Crippen molar-refractivity contribution in [3.63, 3.8) is 0 Å². The number of carbonyl (C=O) groups is 1. The van der Waals surface area contributed by atoms with Crippen LogP contribution < -0.4 is 10.1 Å². The molecule has 1 aromatic heterocycles. The van der Waals surface area contributed by atoms with Gasteiger partial charge in [0.2, 0.25) is 5.91 Å². The van der Waals surface area contributed by atoms with E-state index in [2.05, 4.69) is 19.8 Å². The topological polar surface area (TPSA) is 59.4 Å². The maximum Gasteiger partial charge on any atom is 0.238 e. The molecule has 1 saturated heterocycles. The molecule has 0 radical (unpaired) electrons. The number of carbonyl (C=O) groups excluding carboxylic acids is 1. The number of hydrogen-bond donors (Lipinski definition) is 1. The summed E-state index contributed by atoms with van der Waals surface area (Å²) in [6.07, 6.45) is 6.60. The van der Waals surface area contributed by atoms with Crippen LogP contribution in [0, 0.1) is 0 Å². The molecule has 1 N–H and O–H groups in total. The maximum atomic E-state index is 12.2. The number of aromatic nitrogens is 2. The van der Waals surface area contributed by atoms with Crippen LogP contribution >= 0.6 is 11.6 Å². The average Bonchev–Trinajstić information content (AvgIpc) is 3.20. The fourth-order valence-corrected chi connectivity index (χ4v) is 3.02. The molecule has 122 valence electrons. The van der Waals surface area contributed by atoms with Crippen molar-refractivity contribution < 1.29 is 9.53 Å². The zero-order valence-corrected chi connectivity index (χ0v) is 13.7. The smallest absolute Gasteiger partial charge is 0.238 e. The molecule has 1 aliphatic heterocycles. The van der Waals surface area contributed by atoms with E-state index in [1.54, 1.807) is 31.5 Å². The number of benzene rings is 1. The van der Waals surface area contributed by atoms with E-state index in [0.717, 1.165) is 19.5 Å². The quantitative estimate of drug-likeness (QED) is 0.912. The second kappa shape index (κ2) is 7.02. The van der Waals surface area contributed by atoms with Crippen LogP contribution in [0.25, 0.3) is 0 Å². The van der Waals surface area contributed by atoms with Gasteiger partial charge in [-0.3, -0.25) is 9.69 Å². The normalized spacial score (nSPS) is 18.1. The second-order valence-electron chi connectivity index (χ2n) is 5.59. The standard InChI is InChI=1S/C16H19ClN4O2/c1-23-15-8-12(2-3-14(15)17)19-16(22)10-20-6-4-13(9-20)21-7-5-18-11-21/h2-3,5,7-8,11,13H,4,6,9-10H2,1H3,(H,19,22)/t13-/m1/s1. The molecule has 23 heavy (non-hydrogen) atoms. The first-order chi connectivity index (χ1) is 11.2. The number of nitrogens with one attached hydrogen (secondary N) is 1. The fourth-order valence-electron chi connectivity index (χ4n) is 2.83. The van der Waals surface area contributed by atoms with Crippen molar-refractivity contribution in [1.82, 2.24) is 14.5 Å². The van der Waals surface area contributed by atoms with E-state index in [1.807, 2.05) is 12.5 Å². The van der Waals surface area contributed by atoms with Crippen molar-refractivity contribution in [2.24, 2.45) is 0 Å². The first-order valence-corrected chi connectivity index (χ1v) is 7.86. The largest absolute Gasteiger partial charge is 0.495 e. The van der Waals surface area contributed by atoms with Gasteiger partial charge in [0.15, 0.2) is 0 Å². The minimum absolute atomic E-state index is 0.0411. The van der Waals surface area contributed by atoms with Gasteiger partial charge in [-0.05, 0) is 18.6 Å². The lowest BCUT2D eigenvalue weighted by atomic mass is 10.3. The Morgan fingerprint density at radius 3 is 3.13 bits per heavy atom. The molecule has 0 bridgehead atoms. The SMILES string of the molecule is COc1cc(NC(=O)CN2CC[C@@H](n3ccnc3)C2)ccc1Cl. The van der Waals surface area contributed by atoms with Gasteiger partial charge in [-0.15, -0.1) is 0 Å². The number of halogens is 1. The maximum absolute atomic E-state index is 12.2. The van der Waals surface area contributed by atoms with Gasteiger partial charge in [-0.2, -0.15) is 0 Å². The van der Waals surface area contributed by atoms with Crippen molar-refractivity contribution in [1.29, 1.82) is 0 Å². The van der Waals surface area contributed by atoms with Gasteiger partial charge in [0.1, 0.15) is 5.75 Å². The highest BCUT2D eigenvalue weighted by Crippen LogP contribution is 2.27. The Morgan fingerprint density at radius 1 is 1.52 bits per heavy atom. The molecule has 2 heterocycles. The lowest BCUT2D eigenvalue weighted by Gasteiger charge is -2.16. The summed E-state index contributed by atoms with van der Waals surface area (Å²) >= 11 is 5.98. The highest BCUT2D eigenvalue weighted by molar-refractivity contribution is 6.32. The lowest BCUT2D eigenvalue weighted by molar-refractivity contribution is -0.117. The number of rotatable bonds is 5. The number of anilines is 1. The number of imidazole rings is 1. The Morgan fingerprint density at radius 2 is 2.39 bits per heavy atom. The molecular weight excluding hydrogens is 316 g/mol. The molecule has 6 nitrogen and oxygen atoms in total. The Bertz CT molecular complexity index is 675. The minimum Gasteiger partial charge on any atom is -0.495 e. The van der Waals surface area contributed by atoms with Crippen LogP contribution in [-0.2, 0) is 4.79 Å². The summed E-state index contributed by atoms with van der Waals surface area (Å²) in [4.78, 5) is 18.4. The van der Waals surface area contributed by atoms with Crippen LogP contribution in [0.2, 0.25) is 5.02 Å². The molecule has 1 aromatic carbocycles. The van der Waals surface area contributed by atoms with Gasteiger partial charge in [-0.1, -0.05) is 11.6 Å². The van der Waals surface area contributed by atoms with E-state index in [1.165, 1.54) is 0 Å². The number of methoxy groups -OCH3 is 1. The zero-order chi connectivity index (χ0) is 16.2. The highest BCUT2D eigenvalue weighted by Gasteiger charge is 2.24. The fraction of sp³-hybridized carbons (Fsp3) is 0.375. The molecule has 3 rings (SSSR count). The summed E-state index contributed by atoms with van der Waals surface area (Å²) in [7, 11) is 1.55. The first-order valence-electron chi connectivity index (χ1n) is 7.49. The molecule has 0 saturated carbocycles. The number of hydrogen-bond acceptors (Lipinski definition) is 4. The number of nitrogens with zero attached hydrogens (tertiary/aromatic N) is 3. The van der Waals surface area contributed by atoms with Crippen LogP contribution in [0.4, 0.5) is 5.69 Å². The summed E-state index contributed by atoms with van der Waals surface area (Å²) in [5.74, 6) is 0.506. The molecular formula is C16H19ClN4O2. The lowest BCUT2D eigenvalue weighted by Crippen LogP contribution is -2.31. The van der Waals surface area contributed by atoms with Gasteiger partial charge >= 0.3 is 0 Å². The van der Waals surface area contributed by atoms with E-state index < -0.39 is 0 Å². The molecule has 1 fully saturated rings. The third-order valence-electron chi connectivity index (χ3n) is 4.00. The summed E-state index contributed by atoms with van der Waals surface area (Å²) in [5.41, 5.74) is 0.682. The highest BCUT2D eigenvalue weighted by atomic mass is 35.5. The number of amides is 1. The molecule has 0 spiro atoms. The van der Waals surface area contributed by atoms with Crippen LogP contribution in [0.15, 0.2) is 36.9 Å². The van der Waals surface area contributed by atoms with Crippen LogP contribution in [0.5, 0.6) is 5.75 Å². The van der Waals surface area contributed by atoms with Crippen LogP contribution in [-0.4, -0.2) is 47.1 Å². The van der Waals surface area contributed by atoms with Crippen LogP contribution in [0.3, 0.4) is 0 Å². The number of likely N-dealkylation sites (tertiary alicyclic amines) is 1. The zero-order valence-electron chi connectivity index (χ0n) is 12.9. The van der Waals surface area contributed by atoms with E-state index in [0.29, 0.717) is 29.0 Å². The predicted octanol–water partition coefficient (Wildman–Crippen LogP) is 2.43. The van der Waals surface area contributed by atoms with Crippen molar-refractivity contribution in [3.8, 4) is 5.75 Å². The summed E-state index contributed by atoms with van der Waals surface area (Å²) in [6.45, 7) is 2.13. The van der Waals surface area contributed by atoms with Gasteiger partial charge < -0.3 is 14.6 Å². The minimum atomic E-state index is -0.0411. The van der Waals surface area contributed by atoms with Gasteiger partial charge in [-0.25, -0.2) is 4.98 Å². The van der Waals surface area contributed by atoms with Crippen molar-refractivity contribution in [3.05, 3.63) is 41.9 Å². The van der Waals surface area contributed by atoms with Crippen molar-refractivity contribution in [2.75, 3.05) is 32.1 Å². The second-order valence-corrected chi connectivity index (χ2v) is 5.99. The van der Waals surface area contributed by atoms with E-state index in [-0.39, 0.29) is 5.91 Å². The Balaban J connectivity index is 1.54.